The molecule has 8 nitrogen and oxygen atoms in total. The van der Waals surface area contributed by atoms with Gasteiger partial charge in [-0.2, -0.15) is 5.26 Å². The highest BCUT2D eigenvalue weighted by Crippen LogP contribution is 2.37. The van der Waals surface area contributed by atoms with Crippen LogP contribution in [0.2, 0.25) is 0 Å². The second kappa shape index (κ2) is 6.93. The lowest BCUT2D eigenvalue weighted by atomic mass is 10.0. The lowest BCUT2D eigenvalue weighted by Crippen LogP contribution is -2.33. The van der Waals surface area contributed by atoms with Crippen molar-refractivity contribution in [2.24, 2.45) is 0 Å². The van der Waals surface area contributed by atoms with E-state index in [1.54, 1.807) is 4.90 Å². The minimum Gasteiger partial charge on any atom is -0.337 e. The quantitative estimate of drug-likeness (QED) is 0.658. The summed E-state index contributed by atoms with van der Waals surface area (Å²) in [5.41, 5.74) is 1.21. The molecule has 0 atom stereocenters. The van der Waals surface area contributed by atoms with E-state index in [0.717, 1.165) is 10.4 Å². The summed E-state index contributed by atoms with van der Waals surface area (Å²) in [7, 11) is 0. The molecule has 0 bridgehead atoms. The average Bonchev–Trinajstić information content (AvgIpc) is 2.97. The number of amides is 2. The summed E-state index contributed by atoms with van der Waals surface area (Å²) in [6.07, 6.45) is 0.557. The van der Waals surface area contributed by atoms with Crippen LogP contribution in [-0.4, -0.2) is 28.2 Å². The molecule has 1 aliphatic rings. The molecule has 2 heterocycles. The van der Waals surface area contributed by atoms with Gasteiger partial charge in [-0.05, 0) is 18.1 Å². The van der Waals surface area contributed by atoms with Gasteiger partial charge in [0.1, 0.15) is 11.1 Å². The maximum absolute atomic E-state index is 12.4. The lowest BCUT2D eigenvalue weighted by molar-refractivity contribution is -0.384. The number of rotatable bonds is 3. The van der Waals surface area contributed by atoms with Crippen LogP contribution < -0.4 is 5.32 Å². The van der Waals surface area contributed by atoms with E-state index < -0.39 is 10.8 Å². The molecule has 3 rings (SSSR count). The lowest BCUT2D eigenvalue weighted by Gasteiger charge is -2.25. The summed E-state index contributed by atoms with van der Waals surface area (Å²) in [5, 5.41) is 23.4. The van der Waals surface area contributed by atoms with E-state index in [1.165, 1.54) is 42.5 Å². The first-order valence-electron chi connectivity index (χ1n) is 7.76. The summed E-state index contributed by atoms with van der Waals surface area (Å²) in [5.74, 6) is -0.558. The molecule has 0 spiro atoms. The Balaban J connectivity index is 1.88. The van der Waals surface area contributed by atoms with Gasteiger partial charge in [0.15, 0.2) is 0 Å². The van der Waals surface area contributed by atoms with Gasteiger partial charge in [0.25, 0.3) is 11.6 Å². The third-order valence-corrected chi connectivity index (χ3v) is 5.29. The van der Waals surface area contributed by atoms with Crippen LogP contribution >= 0.6 is 11.3 Å². The first-order chi connectivity index (χ1) is 12.4. The van der Waals surface area contributed by atoms with Crippen molar-refractivity contribution in [1.29, 1.82) is 5.26 Å². The number of nitriles is 1. The van der Waals surface area contributed by atoms with Crippen LogP contribution in [0.1, 0.15) is 33.3 Å². The Kier molecular flexibility index (Phi) is 4.69. The Morgan fingerprint density at radius 1 is 1.42 bits per heavy atom. The first kappa shape index (κ1) is 17.6. The van der Waals surface area contributed by atoms with Crippen molar-refractivity contribution in [3.05, 3.63) is 55.9 Å². The van der Waals surface area contributed by atoms with Gasteiger partial charge in [-0.15, -0.1) is 11.3 Å². The normalized spacial score (nSPS) is 12.8. The van der Waals surface area contributed by atoms with Gasteiger partial charge in [0.05, 0.1) is 17.0 Å². The Morgan fingerprint density at radius 3 is 2.85 bits per heavy atom. The van der Waals surface area contributed by atoms with Crippen molar-refractivity contribution in [2.75, 3.05) is 11.9 Å². The highest BCUT2D eigenvalue weighted by molar-refractivity contribution is 7.16. The standard InChI is InChI=1S/C17H14N4O4S/c1-10(22)20-6-5-13-14(8-18)17(26-15(13)9-20)19-16(23)11-3-2-4-12(7-11)21(24)25/h2-4,7H,5-6,9H2,1H3,(H,19,23). The molecular formula is C17H14N4O4S. The predicted molar refractivity (Wildman–Crippen MR) is 94.9 cm³/mol. The molecule has 1 N–H and O–H groups in total. The minimum absolute atomic E-state index is 0.0373. The number of thiophene rings is 1. The van der Waals surface area contributed by atoms with Gasteiger partial charge in [-0.3, -0.25) is 19.7 Å². The fraction of sp³-hybridized carbons (Fsp3) is 0.235. The number of benzene rings is 1. The summed E-state index contributed by atoms with van der Waals surface area (Å²) in [6.45, 7) is 2.44. The highest BCUT2D eigenvalue weighted by Gasteiger charge is 2.26. The molecule has 1 aromatic heterocycles. The van der Waals surface area contributed by atoms with Crippen LogP contribution in [0.4, 0.5) is 10.7 Å². The molecule has 0 aliphatic carbocycles. The summed E-state index contributed by atoms with van der Waals surface area (Å²) >= 11 is 1.26. The summed E-state index contributed by atoms with van der Waals surface area (Å²) in [4.78, 5) is 36.8. The van der Waals surface area contributed by atoms with Gasteiger partial charge in [-0.25, -0.2) is 0 Å². The van der Waals surface area contributed by atoms with Crippen LogP contribution in [0.5, 0.6) is 0 Å². The minimum atomic E-state index is -0.572. The predicted octanol–water partition coefficient (Wildman–Crippen LogP) is 2.68. The molecule has 2 amide bonds. The van der Waals surface area contributed by atoms with Crippen molar-refractivity contribution >= 4 is 33.8 Å². The number of non-ortho nitro benzene ring substituents is 1. The molecule has 0 unspecified atom stereocenters. The SMILES string of the molecule is CC(=O)N1CCc2c(sc(NC(=O)c3cccc([N+](=O)[O-])c3)c2C#N)C1. The molecule has 0 saturated carbocycles. The Hall–Kier alpha value is -3.25. The number of carbonyl (C=O) groups excluding carboxylic acids is 2. The first-order valence-corrected chi connectivity index (χ1v) is 8.58. The number of nitrogens with zero attached hydrogens (tertiary/aromatic N) is 3. The molecule has 0 radical (unpaired) electrons. The van der Waals surface area contributed by atoms with Gasteiger partial charge >= 0.3 is 0 Å². The van der Waals surface area contributed by atoms with E-state index >= 15 is 0 Å². The Labute approximate surface area is 152 Å². The van der Waals surface area contributed by atoms with E-state index in [-0.39, 0.29) is 17.2 Å². The third-order valence-electron chi connectivity index (χ3n) is 4.16. The topological polar surface area (TPSA) is 116 Å². The smallest absolute Gasteiger partial charge is 0.270 e. The van der Waals surface area contributed by atoms with E-state index in [0.29, 0.717) is 30.1 Å². The van der Waals surface area contributed by atoms with Gasteiger partial charge in [0, 0.05) is 36.0 Å². The van der Waals surface area contributed by atoms with E-state index in [1.807, 2.05) is 0 Å². The van der Waals surface area contributed by atoms with Crippen molar-refractivity contribution in [1.82, 2.24) is 4.90 Å². The van der Waals surface area contributed by atoms with Crippen molar-refractivity contribution in [2.45, 2.75) is 19.9 Å². The van der Waals surface area contributed by atoms with E-state index in [4.69, 9.17) is 0 Å². The van der Waals surface area contributed by atoms with Crippen molar-refractivity contribution in [3.8, 4) is 6.07 Å². The number of nitro benzene ring substituents is 1. The molecule has 9 heteroatoms. The number of hydrogen-bond donors (Lipinski definition) is 1. The summed E-state index contributed by atoms with van der Waals surface area (Å²) in [6, 6.07) is 7.51. The molecule has 0 saturated heterocycles. The number of fused-ring (bicyclic) bond motifs is 1. The average molecular weight is 370 g/mol. The fourth-order valence-electron chi connectivity index (χ4n) is 2.81. The highest BCUT2D eigenvalue weighted by atomic mass is 32.1. The monoisotopic (exact) mass is 370 g/mol. The van der Waals surface area contributed by atoms with Crippen LogP contribution in [-0.2, 0) is 17.8 Å². The second-order valence-corrected chi connectivity index (χ2v) is 6.88. The number of nitro groups is 1. The maximum atomic E-state index is 12.4. The van der Waals surface area contributed by atoms with Gasteiger partial charge in [-0.1, -0.05) is 6.07 Å². The number of nitrogens with one attached hydrogen (secondary N) is 1. The van der Waals surface area contributed by atoms with Crippen molar-refractivity contribution < 1.29 is 14.5 Å². The zero-order valence-electron chi connectivity index (χ0n) is 13.8. The second-order valence-electron chi connectivity index (χ2n) is 5.77. The number of hydrogen-bond acceptors (Lipinski definition) is 6. The third kappa shape index (κ3) is 3.27. The zero-order chi connectivity index (χ0) is 18.8. The fourth-order valence-corrected chi connectivity index (χ4v) is 4.02. The van der Waals surface area contributed by atoms with Gasteiger partial charge in [0.2, 0.25) is 5.91 Å². The molecule has 1 aliphatic heterocycles. The molecule has 0 fully saturated rings. The molecule has 2 aromatic rings. The molecule has 26 heavy (non-hydrogen) atoms. The van der Waals surface area contributed by atoms with Crippen molar-refractivity contribution in [3.63, 3.8) is 0 Å². The summed E-state index contributed by atoms with van der Waals surface area (Å²) < 4.78 is 0. The van der Waals surface area contributed by atoms with Crippen LogP contribution in [0, 0.1) is 21.4 Å². The molecular weight excluding hydrogens is 356 g/mol. The molecule has 132 valence electrons. The van der Waals surface area contributed by atoms with Crippen LogP contribution in [0.3, 0.4) is 0 Å². The number of carbonyl (C=O) groups is 2. The van der Waals surface area contributed by atoms with Crippen LogP contribution in [0.25, 0.3) is 0 Å². The maximum Gasteiger partial charge on any atom is 0.270 e. The van der Waals surface area contributed by atoms with E-state index in [9.17, 15) is 25.0 Å². The van der Waals surface area contributed by atoms with Crippen LogP contribution in [0.15, 0.2) is 24.3 Å². The van der Waals surface area contributed by atoms with Gasteiger partial charge < -0.3 is 10.2 Å². The number of anilines is 1. The zero-order valence-corrected chi connectivity index (χ0v) is 14.6. The molecule has 1 aromatic carbocycles. The Bertz CT molecular complexity index is 960. The largest absolute Gasteiger partial charge is 0.337 e. The van der Waals surface area contributed by atoms with E-state index in [2.05, 4.69) is 11.4 Å². The Morgan fingerprint density at radius 2 is 2.19 bits per heavy atom.